The lowest BCUT2D eigenvalue weighted by Crippen LogP contribution is -2.40. The summed E-state index contributed by atoms with van der Waals surface area (Å²) >= 11 is 1.60. The van der Waals surface area contributed by atoms with Gasteiger partial charge in [0, 0.05) is 30.9 Å². The number of nitriles is 1. The van der Waals surface area contributed by atoms with Gasteiger partial charge in [0.25, 0.3) is 0 Å². The van der Waals surface area contributed by atoms with E-state index in [9.17, 15) is 20.0 Å². The van der Waals surface area contributed by atoms with Crippen LogP contribution in [0.15, 0.2) is 30.3 Å². The molecule has 1 aromatic heterocycles. The second-order valence-electron chi connectivity index (χ2n) is 10.1. The first-order chi connectivity index (χ1) is 19.8. The highest BCUT2D eigenvalue weighted by Crippen LogP contribution is 2.36. The predicted octanol–water partition coefficient (Wildman–Crippen LogP) is 4.98. The van der Waals surface area contributed by atoms with E-state index in [4.69, 9.17) is 9.47 Å². The van der Waals surface area contributed by atoms with Crippen LogP contribution in [-0.4, -0.2) is 75.4 Å². The third-order valence-corrected chi connectivity index (χ3v) is 8.82. The van der Waals surface area contributed by atoms with Crippen LogP contribution in [0.5, 0.6) is 11.5 Å². The minimum atomic E-state index is -0.899. The molecular weight excluding hydrogens is 540 g/mol. The highest BCUT2D eigenvalue weighted by Gasteiger charge is 2.33. The fraction of sp³-hybridized carbons (Fsp3) is 0.516. The van der Waals surface area contributed by atoms with Gasteiger partial charge in [-0.25, -0.2) is 0 Å². The number of carboxylic acids is 1. The normalized spacial score (nSPS) is 14.9. The van der Waals surface area contributed by atoms with Gasteiger partial charge in [0.1, 0.15) is 0 Å². The molecule has 1 saturated heterocycles. The summed E-state index contributed by atoms with van der Waals surface area (Å²) in [5, 5.41) is 23.7. The Labute approximate surface area is 247 Å². The third-order valence-electron chi connectivity index (χ3n) is 7.72. The van der Waals surface area contributed by atoms with E-state index in [1.54, 1.807) is 37.7 Å². The molecule has 0 radical (unpaired) electrons. The standard InChI is InChI=1S/C31H42N4O5S/c1-5-34(6-2)15-7-14-33-29(36)20-26(31(37)38)22-12-16-35(17-13-22)30-11-9-25(41-30)18-24(21-32)23-8-10-27(39-3)28(19-23)40-4/h8-11,18-19,22,26H,5-7,12-17,20H2,1-4H3,(H,33,36)(H,37,38)/b24-18+. The summed E-state index contributed by atoms with van der Waals surface area (Å²) in [7, 11) is 3.14. The Morgan fingerprint density at radius 1 is 1.17 bits per heavy atom. The number of piperidine rings is 1. The zero-order valence-corrected chi connectivity index (χ0v) is 25.3. The first-order valence-corrected chi connectivity index (χ1v) is 15.1. The fourth-order valence-corrected chi connectivity index (χ4v) is 6.24. The van der Waals surface area contributed by atoms with Crippen LogP contribution in [0, 0.1) is 23.2 Å². The lowest BCUT2D eigenvalue weighted by molar-refractivity contribution is -0.146. The molecule has 0 aliphatic carbocycles. The quantitative estimate of drug-likeness (QED) is 0.223. The highest BCUT2D eigenvalue weighted by atomic mass is 32.1. The second-order valence-corrected chi connectivity index (χ2v) is 11.2. The van der Waals surface area contributed by atoms with E-state index in [1.165, 1.54) is 0 Å². The number of nitrogens with zero attached hydrogens (tertiary/aromatic N) is 3. The van der Waals surface area contributed by atoms with E-state index >= 15 is 0 Å². The molecule has 222 valence electrons. The summed E-state index contributed by atoms with van der Waals surface area (Å²) in [6.07, 6.45) is 4.16. The van der Waals surface area contributed by atoms with E-state index in [1.807, 2.05) is 24.3 Å². The SMILES string of the molecule is CCN(CC)CCCNC(=O)CC(C(=O)O)C1CCN(c2ccc(/C=C(\C#N)c3ccc(OC)c(OC)c3)s2)CC1. The molecule has 1 aromatic carbocycles. The molecule has 1 atom stereocenters. The Hall–Kier alpha value is -3.55. The van der Waals surface area contributed by atoms with Crippen molar-refractivity contribution in [2.24, 2.45) is 11.8 Å². The largest absolute Gasteiger partial charge is 0.493 e. The molecular formula is C31H42N4O5S. The van der Waals surface area contributed by atoms with Gasteiger partial charge >= 0.3 is 5.97 Å². The number of thiophene rings is 1. The number of carbonyl (C=O) groups is 2. The first kappa shape index (κ1) is 32.0. The Morgan fingerprint density at radius 3 is 2.49 bits per heavy atom. The monoisotopic (exact) mass is 582 g/mol. The van der Waals surface area contributed by atoms with Gasteiger partial charge in [-0.05, 0) is 86.8 Å². The van der Waals surface area contributed by atoms with Gasteiger partial charge in [-0.1, -0.05) is 13.8 Å². The number of hydrogen-bond acceptors (Lipinski definition) is 8. The summed E-state index contributed by atoms with van der Waals surface area (Å²) in [6, 6.07) is 11.7. The van der Waals surface area contributed by atoms with E-state index < -0.39 is 11.9 Å². The lowest BCUT2D eigenvalue weighted by atomic mass is 9.82. The Morgan fingerprint density at radius 2 is 1.88 bits per heavy atom. The summed E-state index contributed by atoms with van der Waals surface area (Å²) < 4.78 is 10.7. The number of carboxylic acid groups (broad SMARTS) is 1. The molecule has 2 N–H and O–H groups in total. The molecule has 1 aliphatic rings. The molecule has 1 unspecified atom stereocenters. The van der Waals surface area contributed by atoms with E-state index in [-0.39, 0.29) is 18.2 Å². The third kappa shape index (κ3) is 8.97. The van der Waals surface area contributed by atoms with Crippen molar-refractivity contribution < 1.29 is 24.2 Å². The highest BCUT2D eigenvalue weighted by molar-refractivity contribution is 7.17. The van der Waals surface area contributed by atoms with E-state index in [0.717, 1.165) is 54.6 Å². The molecule has 3 rings (SSSR count). The molecule has 0 saturated carbocycles. The van der Waals surface area contributed by atoms with Gasteiger partial charge in [0.15, 0.2) is 11.5 Å². The molecule has 41 heavy (non-hydrogen) atoms. The number of carbonyl (C=O) groups excluding carboxylic acids is 1. The molecule has 10 heteroatoms. The van der Waals surface area contributed by atoms with Crippen LogP contribution >= 0.6 is 11.3 Å². The van der Waals surface area contributed by atoms with Gasteiger partial charge in [0.05, 0.1) is 36.8 Å². The zero-order chi connectivity index (χ0) is 29.8. The topological polar surface area (TPSA) is 115 Å². The average molecular weight is 583 g/mol. The number of benzene rings is 1. The summed E-state index contributed by atoms with van der Waals surface area (Å²) in [4.78, 5) is 30.1. The van der Waals surface area contributed by atoms with Crippen molar-refractivity contribution in [3.8, 4) is 17.6 Å². The molecule has 1 aliphatic heterocycles. The summed E-state index contributed by atoms with van der Waals surface area (Å²) in [5.41, 5.74) is 1.27. The number of rotatable bonds is 15. The Kier molecular flexibility index (Phi) is 12.5. The van der Waals surface area contributed by atoms with Crippen molar-refractivity contribution in [1.29, 1.82) is 5.26 Å². The van der Waals surface area contributed by atoms with Crippen LogP contribution in [0.3, 0.4) is 0 Å². The number of aliphatic carboxylic acids is 1. The van der Waals surface area contributed by atoms with Crippen molar-refractivity contribution in [1.82, 2.24) is 10.2 Å². The van der Waals surface area contributed by atoms with Gasteiger partial charge in [-0.15, -0.1) is 11.3 Å². The molecule has 1 fully saturated rings. The van der Waals surface area contributed by atoms with Crippen molar-refractivity contribution >= 4 is 39.9 Å². The summed E-state index contributed by atoms with van der Waals surface area (Å²) in [5.74, 6) is -0.636. The number of methoxy groups -OCH3 is 2. The minimum absolute atomic E-state index is 0.0201. The van der Waals surface area contributed by atoms with E-state index in [0.29, 0.717) is 36.5 Å². The Balaban J connectivity index is 1.56. The maximum atomic E-state index is 12.5. The first-order valence-electron chi connectivity index (χ1n) is 14.2. The molecule has 1 amide bonds. The lowest BCUT2D eigenvalue weighted by Gasteiger charge is -2.35. The van der Waals surface area contributed by atoms with E-state index in [2.05, 4.69) is 35.0 Å². The van der Waals surface area contributed by atoms with Crippen molar-refractivity contribution in [2.45, 2.75) is 39.5 Å². The van der Waals surface area contributed by atoms with Crippen LogP contribution in [-0.2, 0) is 9.59 Å². The second kappa shape index (κ2) is 16.0. The number of hydrogen-bond donors (Lipinski definition) is 2. The van der Waals surface area contributed by atoms with Gasteiger partial charge in [-0.3, -0.25) is 9.59 Å². The van der Waals surface area contributed by atoms with Crippen LogP contribution in [0.25, 0.3) is 11.6 Å². The average Bonchev–Trinajstić information content (AvgIpc) is 3.47. The minimum Gasteiger partial charge on any atom is -0.493 e. The van der Waals surface area contributed by atoms with Crippen LogP contribution < -0.4 is 19.7 Å². The fourth-order valence-electron chi connectivity index (χ4n) is 5.24. The number of amides is 1. The van der Waals surface area contributed by atoms with Crippen LogP contribution in [0.4, 0.5) is 5.00 Å². The molecule has 0 bridgehead atoms. The zero-order valence-electron chi connectivity index (χ0n) is 24.5. The predicted molar refractivity (Wildman–Crippen MR) is 163 cm³/mol. The molecule has 2 heterocycles. The van der Waals surface area contributed by atoms with Crippen LogP contribution in [0.1, 0.15) is 50.0 Å². The number of allylic oxidation sites excluding steroid dienone is 1. The Bertz CT molecular complexity index is 1230. The van der Waals surface area contributed by atoms with Crippen molar-refractivity contribution in [2.75, 3.05) is 58.4 Å². The molecule has 2 aromatic rings. The van der Waals surface area contributed by atoms with Crippen molar-refractivity contribution in [3.05, 3.63) is 40.8 Å². The smallest absolute Gasteiger partial charge is 0.307 e. The maximum Gasteiger partial charge on any atom is 0.307 e. The maximum absolute atomic E-state index is 12.5. The summed E-state index contributed by atoms with van der Waals surface area (Å²) in [6.45, 7) is 9.13. The number of anilines is 1. The van der Waals surface area contributed by atoms with Crippen molar-refractivity contribution in [3.63, 3.8) is 0 Å². The number of nitrogens with one attached hydrogen (secondary N) is 1. The van der Waals surface area contributed by atoms with Gasteiger partial charge in [0.2, 0.25) is 5.91 Å². The molecule has 0 spiro atoms. The molecule has 9 nitrogen and oxygen atoms in total. The van der Waals surface area contributed by atoms with Gasteiger partial charge in [-0.2, -0.15) is 5.26 Å². The van der Waals surface area contributed by atoms with Gasteiger partial charge < -0.3 is 29.7 Å². The number of ether oxygens (including phenoxy) is 2. The van der Waals surface area contributed by atoms with Crippen LogP contribution in [0.2, 0.25) is 0 Å².